The summed E-state index contributed by atoms with van der Waals surface area (Å²) in [7, 11) is 1.26. The number of nitrogens with zero attached hydrogens (tertiary/aromatic N) is 1. The van der Waals surface area contributed by atoms with Crippen LogP contribution in [0.3, 0.4) is 0 Å². The summed E-state index contributed by atoms with van der Waals surface area (Å²) in [6, 6.07) is 11.0. The second-order valence-corrected chi connectivity index (χ2v) is 6.73. The molecule has 2 N–H and O–H groups in total. The molecule has 1 aromatic carbocycles. The molecule has 0 saturated carbocycles. The summed E-state index contributed by atoms with van der Waals surface area (Å²) >= 11 is 1.11. The number of esters is 1. The Kier molecular flexibility index (Phi) is 3.93. The molecule has 1 aliphatic rings. The minimum atomic E-state index is -0.701. The SMILES string of the molecule is COC(=O)C1=C(N)Oc2c(c(=O)sc3ccccc23)C1c1cccnc1. The standard InChI is InChI=1S/C19H14N2O4S/c1-24-18(22)15-13(10-5-4-8-21-9-10)14-16(25-17(15)20)11-6-2-3-7-12(11)26-19(14)23/h2-9,13H,20H2,1H3. The lowest BCUT2D eigenvalue weighted by atomic mass is 9.84. The number of aromatic nitrogens is 1. The Labute approximate surface area is 152 Å². The van der Waals surface area contributed by atoms with Crippen molar-refractivity contribution >= 4 is 27.4 Å². The summed E-state index contributed by atoms with van der Waals surface area (Å²) in [6.07, 6.45) is 3.23. The molecule has 26 heavy (non-hydrogen) atoms. The Morgan fingerprint density at radius 2 is 2.08 bits per heavy atom. The molecule has 7 heteroatoms. The van der Waals surface area contributed by atoms with Crippen molar-refractivity contribution in [1.82, 2.24) is 4.98 Å². The largest absolute Gasteiger partial charge is 0.465 e. The lowest BCUT2D eigenvalue weighted by Gasteiger charge is -2.27. The third-order valence-electron chi connectivity index (χ3n) is 4.28. The molecular formula is C19H14N2O4S. The van der Waals surface area contributed by atoms with E-state index in [1.807, 2.05) is 24.3 Å². The predicted molar refractivity (Wildman–Crippen MR) is 98.0 cm³/mol. The number of nitrogens with two attached hydrogens (primary N) is 1. The lowest BCUT2D eigenvalue weighted by molar-refractivity contribution is -0.136. The number of methoxy groups -OCH3 is 1. The Hall–Kier alpha value is -3.19. The van der Waals surface area contributed by atoms with Crippen LogP contribution >= 0.6 is 11.3 Å². The van der Waals surface area contributed by atoms with Gasteiger partial charge in [-0.3, -0.25) is 9.78 Å². The number of hydrogen-bond acceptors (Lipinski definition) is 7. The van der Waals surface area contributed by atoms with Gasteiger partial charge >= 0.3 is 5.97 Å². The maximum absolute atomic E-state index is 12.9. The smallest absolute Gasteiger partial charge is 0.340 e. The number of carbonyl (C=O) groups is 1. The molecule has 0 bridgehead atoms. The zero-order valence-electron chi connectivity index (χ0n) is 13.8. The number of pyridine rings is 1. The number of rotatable bonds is 2. The molecule has 3 heterocycles. The van der Waals surface area contributed by atoms with Crippen molar-refractivity contribution in [2.24, 2.45) is 5.73 Å². The summed E-state index contributed by atoms with van der Waals surface area (Å²) < 4.78 is 11.2. The van der Waals surface area contributed by atoms with Crippen LogP contribution < -0.4 is 15.2 Å². The van der Waals surface area contributed by atoms with E-state index >= 15 is 0 Å². The van der Waals surface area contributed by atoms with Gasteiger partial charge in [0.25, 0.3) is 0 Å². The maximum Gasteiger partial charge on any atom is 0.340 e. The molecule has 0 amide bonds. The molecule has 0 radical (unpaired) electrons. The zero-order valence-corrected chi connectivity index (χ0v) is 14.6. The van der Waals surface area contributed by atoms with Gasteiger partial charge in [0.1, 0.15) is 11.3 Å². The average molecular weight is 366 g/mol. The number of carbonyl (C=O) groups excluding carboxylic acids is 1. The van der Waals surface area contributed by atoms with Crippen LogP contribution in [-0.4, -0.2) is 18.1 Å². The molecule has 1 aliphatic heterocycles. The first-order valence-corrected chi connectivity index (χ1v) is 8.65. The van der Waals surface area contributed by atoms with E-state index in [4.69, 9.17) is 15.2 Å². The summed E-state index contributed by atoms with van der Waals surface area (Å²) in [5, 5.41) is 0.771. The third-order valence-corrected chi connectivity index (χ3v) is 5.26. The Balaban J connectivity index is 2.08. The summed E-state index contributed by atoms with van der Waals surface area (Å²) in [6.45, 7) is 0. The molecular weight excluding hydrogens is 352 g/mol. The molecule has 3 aromatic rings. The van der Waals surface area contributed by atoms with Gasteiger partial charge in [0.05, 0.1) is 18.6 Å². The molecule has 0 aliphatic carbocycles. The molecule has 6 nitrogen and oxygen atoms in total. The third kappa shape index (κ3) is 2.44. The topological polar surface area (TPSA) is 91.5 Å². The van der Waals surface area contributed by atoms with Crippen molar-refractivity contribution in [3.8, 4) is 5.75 Å². The van der Waals surface area contributed by atoms with Crippen LogP contribution in [0.5, 0.6) is 5.75 Å². The van der Waals surface area contributed by atoms with E-state index in [1.165, 1.54) is 7.11 Å². The van der Waals surface area contributed by atoms with Gasteiger partial charge in [-0.2, -0.15) is 0 Å². The van der Waals surface area contributed by atoms with E-state index in [2.05, 4.69) is 4.98 Å². The van der Waals surface area contributed by atoms with Crippen molar-refractivity contribution in [3.05, 3.63) is 80.9 Å². The highest BCUT2D eigenvalue weighted by Gasteiger charge is 2.38. The van der Waals surface area contributed by atoms with E-state index < -0.39 is 11.9 Å². The highest BCUT2D eigenvalue weighted by atomic mass is 32.1. The first kappa shape index (κ1) is 16.3. The van der Waals surface area contributed by atoms with E-state index in [0.29, 0.717) is 16.9 Å². The van der Waals surface area contributed by atoms with Crippen molar-refractivity contribution < 1.29 is 14.3 Å². The molecule has 0 fully saturated rings. The van der Waals surface area contributed by atoms with Crippen molar-refractivity contribution in [2.75, 3.05) is 7.11 Å². The van der Waals surface area contributed by atoms with E-state index in [0.717, 1.165) is 21.4 Å². The Bertz CT molecular complexity index is 1110. The minimum Gasteiger partial charge on any atom is -0.465 e. The fourth-order valence-electron chi connectivity index (χ4n) is 3.15. The molecule has 1 atom stereocenters. The predicted octanol–water partition coefficient (Wildman–Crippen LogP) is 2.52. The Morgan fingerprint density at radius 3 is 2.81 bits per heavy atom. The Morgan fingerprint density at radius 1 is 1.27 bits per heavy atom. The molecule has 1 unspecified atom stereocenters. The van der Waals surface area contributed by atoms with E-state index in [-0.39, 0.29) is 16.2 Å². The molecule has 0 saturated heterocycles. The van der Waals surface area contributed by atoms with Gasteiger partial charge in [0.15, 0.2) is 0 Å². The molecule has 130 valence electrons. The summed E-state index contributed by atoms with van der Waals surface area (Å²) in [5.41, 5.74) is 7.22. The van der Waals surface area contributed by atoms with Crippen molar-refractivity contribution in [2.45, 2.75) is 5.92 Å². The highest BCUT2D eigenvalue weighted by molar-refractivity contribution is 7.16. The first-order valence-electron chi connectivity index (χ1n) is 7.83. The number of benzene rings is 1. The van der Waals surface area contributed by atoms with Crippen LogP contribution in [0.2, 0.25) is 0 Å². The average Bonchev–Trinajstić information content (AvgIpc) is 2.67. The normalized spacial score (nSPS) is 16.1. The zero-order chi connectivity index (χ0) is 18.3. The second kappa shape index (κ2) is 6.27. The summed E-state index contributed by atoms with van der Waals surface area (Å²) in [4.78, 5) is 29.4. The number of fused-ring (bicyclic) bond motifs is 3. The van der Waals surface area contributed by atoms with Crippen LogP contribution in [0.1, 0.15) is 17.0 Å². The van der Waals surface area contributed by atoms with Crippen LogP contribution in [0.25, 0.3) is 10.1 Å². The van der Waals surface area contributed by atoms with Gasteiger partial charge in [-0.05, 0) is 23.8 Å². The highest BCUT2D eigenvalue weighted by Crippen LogP contribution is 2.44. The fourth-order valence-corrected chi connectivity index (χ4v) is 4.09. The number of hydrogen-bond donors (Lipinski definition) is 1. The number of ether oxygens (including phenoxy) is 2. The van der Waals surface area contributed by atoms with Crippen LogP contribution in [0.15, 0.2) is 65.0 Å². The summed E-state index contributed by atoms with van der Waals surface area (Å²) in [5.74, 6) is -1.03. The second-order valence-electron chi connectivity index (χ2n) is 5.72. The quantitative estimate of drug-likeness (QED) is 0.701. The van der Waals surface area contributed by atoms with Crippen LogP contribution in [-0.2, 0) is 9.53 Å². The van der Waals surface area contributed by atoms with Gasteiger partial charge in [-0.1, -0.05) is 29.5 Å². The van der Waals surface area contributed by atoms with Crippen LogP contribution in [0, 0.1) is 0 Å². The maximum atomic E-state index is 12.9. The lowest BCUT2D eigenvalue weighted by Crippen LogP contribution is -2.30. The van der Waals surface area contributed by atoms with Gasteiger partial charge in [-0.15, -0.1) is 0 Å². The van der Waals surface area contributed by atoms with E-state index in [1.54, 1.807) is 24.5 Å². The van der Waals surface area contributed by atoms with Crippen LogP contribution in [0.4, 0.5) is 0 Å². The van der Waals surface area contributed by atoms with Gasteiger partial charge in [-0.25, -0.2) is 4.79 Å². The van der Waals surface area contributed by atoms with Gasteiger partial charge in [0, 0.05) is 22.5 Å². The van der Waals surface area contributed by atoms with Crippen molar-refractivity contribution in [1.29, 1.82) is 0 Å². The van der Waals surface area contributed by atoms with E-state index in [9.17, 15) is 9.59 Å². The minimum absolute atomic E-state index is 0.0704. The molecule has 4 rings (SSSR count). The molecule has 2 aromatic heterocycles. The van der Waals surface area contributed by atoms with Gasteiger partial charge < -0.3 is 15.2 Å². The van der Waals surface area contributed by atoms with Crippen molar-refractivity contribution in [3.63, 3.8) is 0 Å². The fraction of sp³-hybridized carbons (Fsp3) is 0.105. The van der Waals surface area contributed by atoms with Gasteiger partial charge in [0.2, 0.25) is 10.6 Å². The first-order chi connectivity index (χ1) is 12.6. The monoisotopic (exact) mass is 366 g/mol. The molecule has 0 spiro atoms.